The van der Waals surface area contributed by atoms with E-state index in [4.69, 9.17) is 0 Å². The maximum absolute atomic E-state index is 10.8. The first-order valence-electron chi connectivity index (χ1n) is 7.45. The van der Waals surface area contributed by atoms with Crippen LogP contribution in [0.3, 0.4) is 0 Å². The third-order valence-electron chi connectivity index (χ3n) is 4.57. The van der Waals surface area contributed by atoms with Gasteiger partial charge in [-0.15, -0.1) is 0 Å². The van der Waals surface area contributed by atoms with Crippen molar-refractivity contribution in [2.75, 3.05) is 0 Å². The number of hydrogen-bond acceptors (Lipinski definition) is 2. The van der Waals surface area contributed by atoms with Crippen molar-refractivity contribution in [1.82, 2.24) is 0 Å². The van der Waals surface area contributed by atoms with Gasteiger partial charge in [0.2, 0.25) is 6.08 Å². The van der Waals surface area contributed by atoms with Gasteiger partial charge in [0.05, 0.1) is 5.54 Å². The molecule has 1 saturated carbocycles. The van der Waals surface area contributed by atoms with E-state index in [1.54, 1.807) is 6.08 Å². The molecule has 102 valence electrons. The fourth-order valence-electron chi connectivity index (χ4n) is 3.35. The van der Waals surface area contributed by atoms with Gasteiger partial charge < -0.3 is 0 Å². The molecule has 1 aliphatic carbocycles. The summed E-state index contributed by atoms with van der Waals surface area (Å²) < 4.78 is 0. The number of carbonyl (C=O) groups excluding carboxylic acids is 1. The van der Waals surface area contributed by atoms with E-state index in [1.807, 2.05) is 0 Å². The number of benzene rings is 1. The van der Waals surface area contributed by atoms with Gasteiger partial charge in [0.15, 0.2) is 0 Å². The molecule has 2 rings (SSSR count). The van der Waals surface area contributed by atoms with E-state index in [0.717, 1.165) is 38.5 Å². The molecule has 0 N–H and O–H groups in total. The van der Waals surface area contributed by atoms with Gasteiger partial charge in [-0.1, -0.05) is 51.0 Å². The molecule has 1 aromatic carbocycles. The van der Waals surface area contributed by atoms with Gasteiger partial charge in [0.1, 0.15) is 0 Å². The molecule has 0 heterocycles. The number of nitrogens with zero attached hydrogens (tertiary/aromatic N) is 1. The van der Waals surface area contributed by atoms with Crippen LogP contribution in [0.25, 0.3) is 0 Å². The van der Waals surface area contributed by atoms with Gasteiger partial charge >= 0.3 is 0 Å². The van der Waals surface area contributed by atoms with Gasteiger partial charge in [0.25, 0.3) is 0 Å². The molecule has 0 aromatic heterocycles. The van der Waals surface area contributed by atoms with Crippen LogP contribution in [0.4, 0.5) is 0 Å². The summed E-state index contributed by atoms with van der Waals surface area (Å²) in [6.07, 6.45) is 8.38. The zero-order valence-electron chi connectivity index (χ0n) is 12.0. The Labute approximate surface area is 115 Å². The molecule has 1 aliphatic rings. The molecule has 1 aromatic rings. The Morgan fingerprint density at radius 2 is 1.95 bits per heavy atom. The Hall–Kier alpha value is -1.40. The van der Waals surface area contributed by atoms with Crippen molar-refractivity contribution in [3.05, 3.63) is 35.4 Å². The molecule has 0 amide bonds. The highest BCUT2D eigenvalue weighted by molar-refractivity contribution is 5.40. The van der Waals surface area contributed by atoms with Crippen molar-refractivity contribution < 1.29 is 4.79 Å². The van der Waals surface area contributed by atoms with Crippen molar-refractivity contribution in [2.45, 2.75) is 63.8 Å². The molecule has 0 unspecified atom stereocenters. The molecule has 0 saturated heterocycles. The third kappa shape index (κ3) is 2.79. The van der Waals surface area contributed by atoms with Crippen molar-refractivity contribution in [3.63, 3.8) is 0 Å². The predicted octanol–water partition coefficient (Wildman–Crippen LogP) is 4.70. The van der Waals surface area contributed by atoms with Gasteiger partial charge in [-0.25, -0.2) is 4.79 Å². The molecule has 1 fully saturated rings. The Kier molecular flexibility index (Phi) is 4.55. The van der Waals surface area contributed by atoms with Gasteiger partial charge in [0, 0.05) is 0 Å². The van der Waals surface area contributed by atoms with Crippen LogP contribution in [-0.4, -0.2) is 6.08 Å². The second-order valence-corrected chi connectivity index (χ2v) is 5.58. The number of aliphatic imine (C=N–C) groups is 1. The standard InChI is InChI=1S/C17H23NO/c1-3-14(4-2)15-8-7-9-16(12-15)17(18-13-19)10-5-6-11-17/h7-9,12,14H,3-6,10-11H2,1-2H3. The summed E-state index contributed by atoms with van der Waals surface area (Å²) in [5.74, 6) is 0.610. The minimum Gasteiger partial charge on any atom is -0.211 e. The summed E-state index contributed by atoms with van der Waals surface area (Å²) in [4.78, 5) is 15.0. The Bertz CT molecular complexity index is 464. The normalized spacial score (nSPS) is 17.4. The van der Waals surface area contributed by atoms with Crippen molar-refractivity contribution in [2.24, 2.45) is 4.99 Å². The Morgan fingerprint density at radius 1 is 1.26 bits per heavy atom. The van der Waals surface area contributed by atoms with E-state index in [0.29, 0.717) is 5.92 Å². The van der Waals surface area contributed by atoms with Gasteiger partial charge in [-0.2, -0.15) is 4.99 Å². The first kappa shape index (κ1) is 14.0. The summed E-state index contributed by atoms with van der Waals surface area (Å²) in [5.41, 5.74) is 2.30. The van der Waals surface area contributed by atoms with E-state index in [2.05, 4.69) is 43.1 Å². The van der Waals surface area contributed by atoms with Crippen LogP contribution < -0.4 is 0 Å². The molecule has 0 atom stereocenters. The molecule has 2 heteroatoms. The lowest BCUT2D eigenvalue weighted by molar-refractivity contribution is 0.455. The van der Waals surface area contributed by atoms with Crippen LogP contribution in [-0.2, 0) is 10.3 Å². The molecule has 2 nitrogen and oxygen atoms in total. The molecule has 0 spiro atoms. The molecule has 0 aliphatic heterocycles. The first-order valence-corrected chi connectivity index (χ1v) is 7.45. The summed E-state index contributed by atoms with van der Waals surface area (Å²) in [5, 5.41) is 0. The highest BCUT2D eigenvalue weighted by Crippen LogP contribution is 2.42. The Morgan fingerprint density at radius 3 is 2.53 bits per heavy atom. The SMILES string of the molecule is CCC(CC)c1cccc(C2(N=C=O)CCCC2)c1. The molecule has 0 radical (unpaired) electrons. The van der Waals surface area contributed by atoms with Crippen LogP contribution in [0.15, 0.2) is 29.3 Å². The second kappa shape index (κ2) is 6.16. The molecule has 0 bridgehead atoms. The number of isocyanates is 1. The van der Waals surface area contributed by atoms with Crippen molar-refractivity contribution in [1.29, 1.82) is 0 Å². The zero-order valence-corrected chi connectivity index (χ0v) is 12.0. The van der Waals surface area contributed by atoms with Crippen LogP contribution in [0.5, 0.6) is 0 Å². The van der Waals surface area contributed by atoms with E-state index in [9.17, 15) is 4.79 Å². The van der Waals surface area contributed by atoms with Gasteiger partial charge in [-0.05, 0) is 42.7 Å². The smallest absolute Gasteiger partial charge is 0.211 e. The summed E-state index contributed by atoms with van der Waals surface area (Å²) >= 11 is 0. The lowest BCUT2D eigenvalue weighted by Crippen LogP contribution is -2.19. The lowest BCUT2D eigenvalue weighted by atomic mass is 9.85. The Balaban J connectivity index is 2.39. The fraction of sp³-hybridized carbons (Fsp3) is 0.588. The first-order chi connectivity index (χ1) is 9.25. The predicted molar refractivity (Wildman–Crippen MR) is 78.0 cm³/mol. The topological polar surface area (TPSA) is 29.4 Å². The molecular formula is C17H23NO. The number of hydrogen-bond donors (Lipinski definition) is 0. The van der Waals surface area contributed by atoms with Crippen LogP contribution in [0.2, 0.25) is 0 Å². The number of rotatable bonds is 5. The summed E-state index contributed by atoms with van der Waals surface area (Å²) in [6, 6.07) is 8.71. The summed E-state index contributed by atoms with van der Waals surface area (Å²) in [6.45, 7) is 4.46. The maximum atomic E-state index is 10.8. The van der Waals surface area contributed by atoms with Gasteiger partial charge in [-0.3, -0.25) is 0 Å². The van der Waals surface area contributed by atoms with Crippen LogP contribution in [0, 0.1) is 0 Å². The van der Waals surface area contributed by atoms with E-state index in [1.165, 1.54) is 11.1 Å². The van der Waals surface area contributed by atoms with Crippen LogP contribution >= 0.6 is 0 Å². The highest BCUT2D eigenvalue weighted by atomic mass is 16.1. The fourth-order valence-corrected chi connectivity index (χ4v) is 3.35. The summed E-state index contributed by atoms with van der Waals surface area (Å²) in [7, 11) is 0. The minimum atomic E-state index is -0.288. The molecular weight excluding hydrogens is 234 g/mol. The highest BCUT2D eigenvalue weighted by Gasteiger charge is 2.35. The maximum Gasteiger partial charge on any atom is 0.235 e. The third-order valence-corrected chi connectivity index (χ3v) is 4.57. The largest absolute Gasteiger partial charge is 0.235 e. The van der Waals surface area contributed by atoms with E-state index in [-0.39, 0.29) is 5.54 Å². The lowest BCUT2D eigenvalue weighted by Gasteiger charge is -2.24. The monoisotopic (exact) mass is 257 g/mol. The quantitative estimate of drug-likeness (QED) is 0.555. The second-order valence-electron chi connectivity index (χ2n) is 5.58. The van der Waals surface area contributed by atoms with E-state index >= 15 is 0 Å². The van der Waals surface area contributed by atoms with Crippen molar-refractivity contribution >= 4 is 6.08 Å². The molecule has 19 heavy (non-hydrogen) atoms. The average Bonchev–Trinajstić information content (AvgIpc) is 2.91. The van der Waals surface area contributed by atoms with E-state index < -0.39 is 0 Å². The van der Waals surface area contributed by atoms with Crippen molar-refractivity contribution in [3.8, 4) is 0 Å². The minimum absolute atomic E-state index is 0.288. The average molecular weight is 257 g/mol. The zero-order chi connectivity index (χ0) is 13.7. The van der Waals surface area contributed by atoms with Crippen LogP contribution in [0.1, 0.15) is 69.4 Å².